The molecule has 12 heteroatoms. The lowest BCUT2D eigenvalue weighted by molar-refractivity contribution is -0.138. The Bertz CT molecular complexity index is 1510. The first-order chi connectivity index (χ1) is 21.2. The van der Waals surface area contributed by atoms with Crippen molar-refractivity contribution in [2.24, 2.45) is 0 Å². The van der Waals surface area contributed by atoms with Gasteiger partial charge in [-0.05, 0) is 53.9 Å². The maximum Gasteiger partial charge on any atom is 0.419 e. The fourth-order valence-corrected chi connectivity index (χ4v) is 4.78. The van der Waals surface area contributed by atoms with E-state index in [1.165, 1.54) is 31.4 Å². The van der Waals surface area contributed by atoms with Crippen LogP contribution in [0.25, 0.3) is 10.9 Å². The molecule has 0 radical (unpaired) electrons. The number of para-hydroxylation sites is 1. The van der Waals surface area contributed by atoms with Crippen molar-refractivity contribution in [1.29, 1.82) is 0 Å². The SMILES string of the molecule is COc1cc2c(Cc3ccc(NO)cc3F)ccnc2cc1OCCCN1CCOCC1.COc1ccccc1C(F)(F)F. The Hall–Kier alpha value is -4.13. The Kier molecular flexibility index (Phi) is 11.6. The summed E-state index contributed by atoms with van der Waals surface area (Å²) in [6.45, 7) is 5.06. The quantitative estimate of drug-likeness (QED) is 0.117. The molecule has 1 aliphatic rings. The molecule has 44 heavy (non-hydrogen) atoms. The first-order valence-corrected chi connectivity index (χ1v) is 14.0. The summed E-state index contributed by atoms with van der Waals surface area (Å²) in [6.07, 6.45) is -1.33. The van der Waals surface area contributed by atoms with Crippen molar-refractivity contribution in [3.8, 4) is 17.2 Å². The molecule has 1 aromatic heterocycles. The van der Waals surface area contributed by atoms with Gasteiger partial charge in [0.25, 0.3) is 0 Å². The molecule has 2 heterocycles. The Morgan fingerprint density at radius 2 is 1.68 bits per heavy atom. The second-order valence-electron chi connectivity index (χ2n) is 9.94. The van der Waals surface area contributed by atoms with E-state index in [0.29, 0.717) is 35.8 Å². The number of morpholine rings is 1. The molecule has 0 unspecified atom stereocenters. The lowest BCUT2D eigenvalue weighted by atomic mass is 10.00. The number of nitrogens with zero attached hydrogens (tertiary/aromatic N) is 2. The molecule has 0 saturated carbocycles. The average Bonchev–Trinajstić information content (AvgIpc) is 3.04. The topological polar surface area (TPSA) is 85.3 Å². The van der Waals surface area contributed by atoms with Crippen molar-refractivity contribution in [2.75, 3.05) is 59.2 Å². The van der Waals surface area contributed by atoms with Crippen LogP contribution < -0.4 is 19.7 Å². The van der Waals surface area contributed by atoms with Crippen LogP contribution in [-0.4, -0.2) is 68.8 Å². The average molecular weight is 618 g/mol. The second-order valence-corrected chi connectivity index (χ2v) is 9.94. The molecule has 4 aromatic rings. The van der Waals surface area contributed by atoms with Gasteiger partial charge in [0, 0.05) is 43.7 Å². The third kappa shape index (κ3) is 8.71. The third-order valence-electron chi connectivity index (χ3n) is 7.07. The van der Waals surface area contributed by atoms with E-state index in [1.807, 2.05) is 23.7 Å². The van der Waals surface area contributed by atoms with Gasteiger partial charge in [-0.2, -0.15) is 13.2 Å². The standard InChI is InChI=1S/C24H28FN3O4.C8H7F3O/c1-30-23-15-20-17(13-18-3-4-19(27-29)14-21(18)25)5-6-26-22(20)16-24(23)32-10-2-7-28-8-11-31-12-9-28;1-12-7-5-3-2-4-6(7)8(9,10)11/h3-6,14-16,27,29H,2,7-13H2,1H3;2-5H,1H3. The predicted molar refractivity (Wildman–Crippen MR) is 158 cm³/mol. The molecule has 1 aliphatic heterocycles. The van der Waals surface area contributed by atoms with Crippen LogP contribution in [0.5, 0.6) is 17.2 Å². The van der Waals surface area contributed by atoms with Crippen molar-refractivity contribution in [1.82, 2.24) is 9.88 Å². The van der Waals surface area contributed by atoms with Gasteiger partial charge in [0.05, 0.1) is 50.8 Å². The first-order valence-electron chi connectivity index (χ1n) is 14.0. The van der Waals surface area contributed by atoms with E-state index in [4.69, 9.17) is 19.4 Å². The van der Waals surface area contributed by atoms with Crippen LogP contribution in [0, 0.1) is 5.82 Å². The number of rotatable bonds is 10. The van der Waals surface area contributed by atoms with Crippen LogP contribution in [0.2, 0.25) is 0 Å². The molecule has 0 spiro atoms. The van der Waals surface area contributed by atoms with Gasteiger partial charge in [-0.3, -0.25) is 20.6 Å². The van der Waals surface area contributed by atoms with Crippen LogP contribution in [0.4, 0.5) is 23.2 Å². The summed E-state index contributed by atoms with van der Waals surface area (Å²) in [5.74, 6) is 0.737. The van der Waals surface area contributed by atoms with Crippen LogP contribution in [0.3, 0.4) is 0 Å². The van der Waals surface area contributed by atoms with Crippen LogP contribution in [0.15, 0.2) is 66.9 Å². The predicted octanol–water partition coefficient (Wildman–Crippen LogP) is 6.59. The number of pyridine rings is 1. The third-order valence-corrected chi connectivity index (χ3v) is 7.07. The summed E-state index contributed by atoms with van der Waals surface area (Å²) < 4.78 is 72.4. The zero-order valence-corrected chi connectivity index (χ0v) is 24.5. The number of alkyl halides is 3. The summed E-state index contributed by atoms with van der Waals surface area (Å²) in [4.78, 5) is 6.85. The van der Waals surface area contributed by atoms with Crippen LogP contribution in [0.1, 0.15) is 23.1 Å². The summed E-state index contributed by atoms with van der Waals surface area (Å²) in [7, 11) is 2.82. The summed E-state index contributed by atoms with van der Waals surface area (Å²) in [5.41, 5.74) is 3.74. The number of nitrogens with one attached hydrogen (secondary N) is 1. The monoisotopic (exact) mass is 617 g/mol. The Morgan fingerprint density at radius 1 is 0.932 bits per heavy atom. The molecule has 0 amide bonds. The van der Waals surface area contributed by atoms with Gasteiger partial charge in [-0.25, -0.2) is 4.39 Å². The van der Waals surface area contributed by atoms with Gasteiger partial charge in [0.2, 0.25) is 0 Å². The van der Waals surface area contributed by atoms with E-state index in [2.05, 4.69) is 14.6 Å². The fourth-order valence-electron chi connectivity index (χ4n) is 4.78. The highest BCUT2D eigenvalue weighted by molar-refractivity contribution is 5.86. The number of methoxy groups -OCH3 is 2. The minimum absolute atomic E-state index is 0.148. The number of halogens is 4. The van der Waals surface area contributed by atoms with Gasteiger partial charge in [-0.15, -0.1) is 0 Å². The van der Waals surface area contributed by atoms with Crippen molar-refractivity contribution in [2.45, 2.75) is 19.0 Å². The first kappa shape index (κ1) is 32.8. The Morgan fingerprint density at radius 3 is 2.34 bits per heavy atom. The Labute approximate surface area is 253 Å². The summed E-state index contributed by atoms with van der Waals surface area (Å²) >= 11 is 0. The molecular weight excluding hydrogens is 582 g/mol. The van der Waals surface area contributed by atoms with E-state index in [9.17, 15) is 17.6 Å². The van der Waals surface area contributed by atoms with Crippen LogP contribution in [-0.2, 0) is 17.3 Å². The second kappa shape index (κ2) is 15.6. The normalized spacial score (nSPS) is 13.6. The largest absolute Gasteiger partial charge is 0.496 e. The van der Waals surface area contributed by atoms with Crippen molar-refractivity contribution in [3.05, 3.63) is 89.4 Å². The summed E-state index contributed by atoms with van der Waals surface area (Å²) in [6, 6.07) is 15.3. The molecule has 236 valence electrons. The van der Waals surface area contributed by atoms with E-state index in [-0.39, 0.29) is 11.6 Å². The van der Waals surface area contributed by atoms with E-state index in [1.54, 1.807) is 25.4 Å². The van der Waals surface area contributed by atoms with Gasteiger partial charge in [0.1, 0.15) is 11.6 Å². The van der Waals surface area contributed by atoms with Gasteiger partial charge in [0.15, 0.2) is 11.5 Å². The zero-order valence-electron chi connectivity index (χ0n) is 24.5. The van der Waals surface area contributed by atoms with Crippen molar-refractivity contribution < 1.29 is 41.7 Å². The highest BCUT2D eigenvalue weighted by atomic mass is 19.4. The highest BCUT2D eigenvalue weighted by Crippen LogP contribution is 2.36. The van der Waals surface area contributed by atoms with Crippen molar-refractivity contribution in [3.63, 3.8) is 0 Å². The van der Waals surface area contributed by atoms with Crippen LogP contribution >= 0.6 is 0 Å². The summed E-state index contributed by atoms with van der Waals surface area (Å²) in [5, 5.41) is 9.84. The zero-order chi connectivity index (χ0) is 31.5. The molecule has 3 aromatic carbocycles. The van der Waals surface area contributed by atoms with E-state index >= 15 is 0 Å². The maximum absolute atomic E-state index is 14.4. The fraction of sp³-hybridized carbons (Fsp3) is 0.344. The molecule has 2 N–H and O–H groups in total. The van der Waals surface area contributed by atoms with Gasteiger partial charge < -0.3 is 18.9 Å². The number of anilines is 1. The highest BCUT2D eigenvalue weighted by Gasteiger charge is 2.33. The lowest BCUT2D eigenvalue weighted by Gasteiger charge is -2.26. The smallest absolute Gasteiger partial charge is 0.419 e. The molecule has 0 aliphatic carbocycles. The minimum atomic E-state index is -4.34. The molecule has 0 bridgehead atoms. The Balaban J connectivity index is 0.000000309. The molecular formula is C32H35F4N3O5. The molecule has 5 rings (SSSR count). The van der Waals surface area contributed by atoms with Crippen molar-refractivity contribution >= 4 is 16.6 Å². The van der Waals surface area contributed by atoms with E-state index in [0.717, 1.165) is 61.8 Å². The lowest BCUT2D eigenvalue weighted by Crippen LogP contribution is -2.37. The number of hydrogen-bond acceptors (Lipinski definition) is 8. The number of benzene rings is 3. The van der Waals surface area contributed by atoms with E-state index < -0.39 is 11.7 Å². The number of hydrogen-bond donors (Lipinski definition) is 2. The molecule has 1 saturated heterocycles. The minimum Gasteiger partial charge on any atom is -0.496 e. The van der Waals surface area contributed by atoms with Gasteiger partial charge >= 0.3 is 6.18 Å². The number of fused-ring (bicyclic) bond motifs is 1. The number of ether oxygens (including phenoxy) is 4. The molecule has 8 nitrogen and oxygen atoms in total. The molecule has 1 fully saturated rings. The van der Waals surface area contributed by atoms with Gasteiger partial charge in [-0.1, -0.05) is 18.2 Å². The maximum atomic E-state index is 14.4. The molecule has 0 atom stereocenters. The number of aromatic nitrogens is 1.